The predicted octanol–water partition coefficient (Wildman–Crippen LogP) is -0.000600. The Kier molecular flexibility index (Phi) is 4.57. The van der Waals surface area contributed by atoms with E-state index in [1.165, 1.54) is 0 Å². The van der Waals surface area contributed by atoms with E-state index in [9.17, 15) is 9.59 Å². The van der Waals surface area contributed by atoms with Gasteiger partial charge in [-0.1, -0.05) is 24.3 Å². The number of hydrogen-bond donors (Lipinski definition) is 2. The van der Waals surface area contributed by atoms with Crippen molar-refractivity contribution >= 4 is 11.8 Å². The first kappa shape index (κ1) is 14.6. The molecule has 1 heterocycles. The van der Waals surface area contributed by atoms with Crippen LogP contribution in [0.3, 0.4) is 0 Å². The van der Waals surface area contributed by atoms with Gasteiger partial charge in [0.05, 0.1) is 18.5 Å². The van der Waals surface area contributed by atoms with Gasteiger partial charge in [0, 0.05) is 18.0 Å². The molecule has 108 valence electrons. The summed E-state index contributed by atoms with van der Waals surface area (Å²) in [5.41, 5.74) is 12.5. The van der Waals surface area contributed by atoms with Crippen LogP contribution in [0.25, 0.3) is 11.3 Å². The summed E-state index contributed by atoms with van der Waals surface area (Å²) < 4.78 is 5.12. The first-order chi connectivity index (χ1) is 10.1. The molecule has 0 atom stereocenters. The lowest BCUT2D eigenvalue weighted by Crippen LogP contribution is -2.42. The summed E-state index contributed by atoms with van der Waals surface area (Å²) in [4.78, 5) is 30.1. The molecule has 0 aliphatic carbocycles. The summed E-state index contributed by atoms with van der Waals surface area (Å²) in [6.45, 7) is 0.0529. The molecule has 0 unspecified atom stereocenters. The summed E-state index contributed by atoms with van der Waals surface area (Å²) in [6, 6.07) is 7.27. The van der Waals surface area contributed by atoms with Gasteiger partial charge in [0.1, 0.15) is 0 Å². The first-order valence-electron chi connectivity index (χ1n) is 6.13. The maximum absolute atomic E-state index is 11.0. The second kappa shape index (κ2) is 6.58. The minimum Gasteiger partial charge on any atom is -0.367 e. The van der Waals surface area contributed by atoms with E-state index in [2.05, 4.69) is 9.97 Å². The Hall–Kier alpha value is -2.80. The number of primary amides is 2. The fraction of sp³-hybridized carbons (Fsp3) is 0.143. The first-order valence-corrected chi connectivity index (χ1v) is 6.13. The monoisotopic (exact) mass is 286 g/mol. The third kappa shape index (κ3) is 3.83. The number of amides is 2. The molecule has 2 amide bonds. The number of rotatable bonds is 6. The Bertz CT molecular complexity index is 614. The van der Waals surface area contributed by atoms with Crippen LogP contribution < -0.4 is 11.5 Å². The third-order valence-electron chi connectivity index (χ3n) is 2.75. The molecule has 7 heteroatoms. The molecule has 2 rings (SSSR count). The fourth-order valence-electron chi connectivity index (χ4n) is 1.70. The second-order valence-electron chi connectivity index (χ2n) is 4.28. The smallest absolute Gasteiger partial charge is 0.256 e. The van der Waals surface area contributed by atoms with Gasteiger partial charge >= 0.3 is 0 Å². The summed E-state index contributed by atoms with van der Waals surface area (Å²) in [6.07, 6.45) is 3.43. The average Bonchev–Trinajstić information content (AvgIpc) is 2.48. The van der Waals surface area contributed by atoms with Crippen molar-refractivity contribution in [1.29, 1.82) is 0 Å². The van der Waals surface area contributed by atoms with Gasteiger partial charge in [-0.2, -0.15) is 0 Å². The second-order valence-corrected chi connectivity index (χ2v) is 4.28. The Balaban J connectivity index is 2.03. The van der Waals surface area contributed by atoms with Gasteiger partial charge in [-0.15, -0.1) is 0 Å². The SMILES string of the molecule is NC(=O)C(OCc1ccc(-c2cnccn2)cc1)C(N)=O. The van der Waals surface area contributed by atoms with Gasteiger partial charge in [-0.05, 0) is 5.56 Å². The quantitative estimate of drug-likeness (QED) is 0.724. The standard InChI is InChI=1S/C14H14N4O3/c15-13(19)12(14(16)20)21-8-9-1-3-10(4-2-9)11-7-17-5-6-18-11/h1-7,12H,8H2,(H2,15,19)(H2,16,20). The normalized spacial score (nSPS) is 10.5. The molecular formula is C14H14N4O3. The zero-order valence-corrected chi connectivity index (χ0v) is 11.1. The number of hydrogen-bond acceptors (Lipinski definition) is 5. The van der Waals surface area contributed by atoms with E-state index >= 15 is 0 Å². The van der Waals surface area contributed by atoms with Crippen molar-refractivity contribution in [1.82, 2.24) is 9.97 Å². The molecule has 4 N–H and O–H groups in total. The molecule has 0 aliphatic heterocycles. The average molecular weight is 286 g/mol. The summed E-state index contributed by atoms with van der Waals surface area (Å²) in [7, 11) is 0. The van der Waals surface area contributed by atoms with Crippen molar-refractivity contribution in [2.45, 2.75) is 12.7 Å². The number of ether oxygens (including phenoxy) is 1. The molecule has 0 saturated heterocycles. The maximum atomic E-state index is 11.0. The Morgan fingerprint density at radius 1 is 1.10 bits per heavy atom. The highest BCUT2D eigenvalue weighted by molar-refractivity contribution is 6.01. The molecule has 1 aromatic carbocycles. The third-order valence-corrected chi connectivity index (χ3v) is 2.75. The molecule has 0 spiro atoms. The van der Waals surface area contributed by atoms with Gasteiger partial charge in [0.2, 0.25) is 6.10 Å². The van der Waals surface area contributed by atoms with Crippen molar-refractivity contribution in [3.63, 3.8) is 0 Å². The zero-order valence-electron chi connectivity index (χ0n) is 11.1. The van der Waals surface area contributed by atoms with E-state index in [-0.39, 0.29) is 6.61 Å². The number of carbonyl (C=O) groups excluding carboxylic acids is 2. The van der Waals surface area contributed by atoms with E-state index in [0.717, 1.165) is 16.8 Å². The van der Waals surface area contributed by atoms with Crippen molar-refractivity contribution in [3.8, 4) is 11.3 Å². The van der Waals surface area contributed by atoms with Gasteiger partial charge in [-0.3, -0.25) is 19.6 Å². The van der Waals surface area contributed by atoms with E-state index in [1.54, 1.807) is 30.7 Å². The maximum Gasteiger partial charge on any atom is 0.256 e. The Morgan fingerprint density at radius 3 is 2.29 bits per heavy atom. The molecule has 7 nitrogen and oxygen atoms in total. The molecule has 0 saturated carbocycles. The van der Waals surface area contributed by atoms with E-state index in [1.807, 2.05) is 12.1 Å². The van der Waals surface area contributed by atoms with Crippen LogP contribution in [-0.4, -0.2) is 27.9 Å². The highest BCUT2D eigenvalue weighted by Crippen LogP contribution is 2.16. The van der Waals surface area contributed by atoms with Gasteiger partial charge < -0.3 is 16.2 Å². The fourth-order valence-corrected chi connectivity index (χ4v) is 1.70. The molecule has 0 radical (unpaired) electrons. The van der Waals surface area contributed by atoms with Crippen molar-refractivity contribution < 1.29 is 14.3 Å². The number of carbonyl (C=O) groups is 2. The van der Waals surface area contributed by atoms with Crippen LogP contribution in [0.1, 0.15) is 5.56 Å². The summed E-state index contributed by atoms with van der Waals surface area (Å²) >= 11 is 0. The van der Waals surface area contributed by atoms with Gasteiger partial charge in [0.25, 0.3) is 11.8 Å². The minimum absolute atomic E-state index is 0.0529. The van der Waals surface area contributed by atoms with Crippen LogP contribution in [0.2, 0.25) is 0 Å². The van der Waals surface area contributed by atoms with Crippen LogP contribution in [0.5, 0.6) is 0 Å². The minimum atomic E-state index is -1.43. The van der Waals surface area contributed by atoms with E-state index < -0.39 is 17.9 Å². The zero-order chi connectivity index (χ0) is 15.2. The number of nitrogens with two attached hydrogens (primary N) is 2. The van der Waals surface area contributed by atoms with Crippen LogP contribution in [-0.2, 0) is 20.9 Å². The van der Waals surface area contributed by atoms with Crippen molar-refractivity contribution in [2.24, 2.45) is 11.5 Å². The van der Waals surface area contributed by atoms with Crippen LogP contribution in [0.15, 0.2) is 42.9 Å². The molecule has 0 aliphatic rings. The van der Waals surface area contributed by atoms with Crippen molar-refractivity contribution in [2.75, 3.05) is 0 Å². The number of nitrogens with zero attached hydrogens (tertiary/aromatic N) is 2. The molecule has 0 fully saturated rings. The molecule has 21 heavy (non-hydrogen) atoms. The van der Waals surface area contributed by atoms with E-state index in [0.29, 0.717) is 0 Å². The number of aromatic nitrogens is 2. The predicted molar refractivity (Wildman–Crippen MR) is 74.4 cm³/mol. The topological polar surface area (TPSA) is 121 Å². The highest BCUT2D eigenvalue weighted by atomic mass is 16.5. The van der Waals surface area contributed by atoms with Crippen LogP contribution in [0, 0.1) is 0 Å². The largest absolute Gasteiger partial charge is 0.367 e. The molecule has 1 aromatic heterocycles. The Labute approximate surface area is 121 Å². The lowest BCUT2D eigenvalue weighted by molar-refractivity contribution is -0.142. The molecular weight excluding hydrogens is 272 g/mol. The van der Waals surface area contributed by atoms with Gasteiger partial charge in [-0.25, -0.2) is 0 Å². The number of benzene rings is 1. The van der Waals surface area contributed by atoms with Gasteiger partial charge in [0.15, 0.2) is 0 Å². The molecule has 2 aromatic rings. The Morgan fingerprint density at radius 2 is 1.76 bits per heavy atom. The van der Waals surface area contributed by atoms with Crippen LogP contribution >= 0.6 is 0 Å². The molecule has 0 bridgehead atoms. The summed E-state index contributed by atoms with van der Waals surface area (Å²) in [5, 5.41) is 0. The highest BCUT2D eigenvalue weighted by Gasteiger charge is 2.22. The summed E-state index contributed by atoms with van der Waals surface area (Å²) in [5.74, 6) is -1.81. The van der Waals surface area contributed by atoms with Crippen molar-refractivity contribution in [3.05, 3.63) is 48.4 Å². The van der Waals surface area contributed by atoms with E-state index in [4.69, 9.17) is 16.2 Å². The lowest BCUT2D eigenvalue weighted by Gasteiger charge is -2.11. The lowest BCUT2D eigenvalue weighted by atomic mass is 10.1. The van der Waals surface area contributed by atoms with Crippen LogP contribution in [0.4, 0.5) is 0 Å².